The summed E-state index contributed by atoms with van der Waals surface area (Å²) in [7, 11) is 3.67. The molecular weight excluding hydrogens is 412 g/mol. The summed E-state index contributed by atoms with van der Waals surface area (Å²) in [6.07, 6.45) is -0.953. The van der Waals surface area contributed by atoms with E-state index in [-0.39, 0.29) is 27.8 Å². The van der Waals surface area contributed by atoms with Crippen LogP contribution in [0.1, 0.15) is 49.1 Å². The first-order chi connectivity index (χ1) is 15.2. The first-order valence-corrected chi connectivity index (χ1v) is 9.99. The number of esters is 2. The van der Waals surface area contributed by atoms with Crippen molar-refractivity contribution in [3.63, 3.8) is 0 Å². The number of methoxy groups -OCH3 is 3. The highest BCUT2D eigenvalue weighted by atomic mass is 16.5. The predicted molar refractivity (Wildman–Crippen MR) is 114 cm³/mol. The molecule has 0 aromatic heterocycles. The molecule has 4 rings (SSSR count). The molecule has 0 amide bonds. The normalized spacial score (nSPS) is 18.5. The van der Waals surface area contributed by atoms with Crippen molar-refractivity contribution < 1.29 is 33.4 Å². The number of benzene rings is 2. The smallest absolute Gasteiger partial charge is 0.332 e. The van der Waals surface area contributed by atoms with Gasteiger partial charge >= 0.3 is 11.9 Å². The van der Waals surface area contributed by atoms with Gasteiger partial charge in [0.2, 0.25) is 5.41 Å². The first kappa shape index (κ1) is 21.6. The lowest BCUT2D eigenvalue weighted by Gasteiger charge is -2.42. The number of rotatable bonds is 3. The monoisotopic (exact) mass is 434 g/mol. The third-order valence-corrected chi connectivity index (χ3v) is 6.18. The van der Waals surface area contributed by atoms with Crippen molar-refractivity contribution in [3.8, 4) is 0 Å². The number of carbonyl (C=O) groups excluding carboxylic acids is 4. The molecule has 2 aliphatic rings. The number of carbonyl (C=O) groups is 4. The van der Waals surface area contributed by atoms with Crippen LogP contribution in [0.15, 0.2) is 47.5 Å². The molecule has 0 spiro atoms. The maximum atomic E-state index is 13.8. The SMILES string of the molecule is COC(=O)C1(C(=O)OC)C2=C(C(=O)c3ccccc3C2=O)C(OC)c2cc(C)cc(C)c21. The Morgan fingerprint density at radius 3 is 1.97 bits per heavy atom. The average molecular weight is 434 g/mol. The lowest BCUT2D eigenvalue weighted by atomic mass is 9.59. The summed E-state index contributed by atoms with van der Waals surface area (Å²) in [6.45, 7) is 3.58. The number of Topliss-reactive ketones (excluding diaryl/α,β-unsaturated/α-hetero) is 2. The lowest BCUT2D eigenvalue weighted by Crippen LogP contribution is -2.54. The fourth-order valence-electron chi connectivity index (χ4n) is 5.06. The molecule has 0 heterocycles. The molecule has 2 aromatic rings. The van der Waals surface area contributed by atoms with Crippen LogP contribution in [0.25, 0.3) is 0 Å². The van der Waals surface area contributed by atoms with E-state index in [1.165, 1.54) is 13.2 Å². The molecule has 0 fully saturated rings. The van der Waals surface area contributed by atoms with Gasteiger partial charge in [0.1, 0.15) is 6.10 Å². The van der Waals surface area contributed by atoms with Crippen molar-refractivity contribution >= 4 is 23.5 Å². The zero-order chi connectivity index (χ0) is 23.4. The van der Waals surface area contributed by atoms with E-state index in [4.69, 9.17) is 14.2 Å². The molecule has 0 saturated carbocycles. The Bertz CT molecular complexity index is 1220. The number of hydrogen-bond acceptors (Lipinski definition) is 7. The van der Waals surface area contributed by atoms with Crippen LogP contribution in [0.2, 0.25) is 0 Å². The quantitative estimate of drug-likeness (QED) is 0.541. The van der Waals surface area contributed by atoms with Gasteiger partial charge in [-0.3, -0.25) is 19.2 Å². The Morgan fingerprint density at radius 1 is 0.875 bits per heavy atom. The summed E-state index contributed by atoms with van der Waals surface area (Å²) >= 11 is 0. The Morgan fingerprint density at radius 2 is 1.44 bits per heavy atom. The van der Waals surface area contributed by atoms with Gasteiger partial charge in [0.25, 0.3) is 0 Å². The van der Waals surface area contributed by atoms with E-state index in [0.717, 1.165) is 19.8 Å². The molecule has 32 heavy (non-hydrogen) atoms. The summed E-state index contributed by atoms with van der Waals surface area (Å²) in [5, 5.41) is 0. The maximum Gasteiger partial charge on any atom is 0.332 e. The van der Waals surface area contributed by atoms with Gasteiger partial charge in [-0.2, -0.15) is 0 Å². The van der Waals surface area contributed by atoms with Crippen molar-refractivity contribution in [2.75, 3.05) is 21.3 Å². The molecule has 2 aromatic carbocycles. The second-order valence-corrected chi connectivity index (χ2v) is 7.89. The molecular formula is C25H22O7. The van der Waals surface area contributed by atoms with Gasteiger partial charge in [0.05, 0.1) is 14.2 Å². The third-order valence-electron chi connectivity index (χ3n) is 6.18. The second-order valence-electron chi connectivity index (χ2n) is 7.89. The molecule has 7 heteroatoms. The van der Waals surface area contributed by atoms with Crippen LogP contribution in [-0.4, -0.2) is 44.8 Å². The Hall–Kier alpha value is -3.58. The number of fused-ring (bicyclic) bond motifs is 2. The number of hydrogen-bond donors (Lipinski definition) is 0. The molecule has 7 nitrogen and oxygen atoms in total. The molecule has 164 valence electrons. The van der Waals surface area contributed by atoms with Gasteiger partial charge in [-0.15, -0.1) is 0 Å². The van der Waals surface area contributed by atoms with Crippen LogP contribution < -0.4 is 0 Å². The van der Waals surface area contributed by atoms with E-state index in [1.807, 2.05) is 6.92 Å². The molecule has 1 atom stereocenters. The number of ether oxygens (including phenoxy) is 3. The largest absolute Gasteiger partial charge is 0.468 e. The van der Waals surface area contributed by atoms with Crippen LogP contribution >= 0.6 is 0 Å². The minimum atomic E-state index is -2.26. The Labute approximate surface area is 185 Å². The molecule has 0 N–H and O–H groups in total. The van der Waals surface area contributed by atoms with E-state index in [0.29, 0.717) is 11.1 Å². The van der Waals surface area contributed by atoms with Crippen molar-refractivity contribution in [1.29, 1.82) is 0 Å². The summed E-state index contributed by atoms with van der Waals surface area (Å²) in [4.78, 5) is 54.4. The second kappa shape index (κ2) is 7.53. The fourth-order valence-corrected chi connectivity index (χ4v) is 5.06. The van der Waals surface area contributed by atoms with Crippen LogP contribution in [0, 0.1) is 13.8 Å². The Kier molecular flexibility index (Phi) is 5.09. The van der Waals surface area contributed by atoms with Gasteiger partial charge < -0.3 is 14.2 Å². The molecule has 0 aliphatic heterocycles. The van der Waals surface area contributed by atoms with E-state index in [1.54, 1.807) is 37.3 Å². The Balaban J connectivity index is 2.25. The van der Waals surface area contributed by atoms with E-state index in [9.17, 15) is 19.2 Å². The van der Waals surface area contributed by atoms with E-state index in [2.05, 4.69) is 0 Å². The van der Waals surface area contributed by atoms with Crippen molar-refractivity contribution in [2.45, 2.75) is 25.4 Å². The minimum absolute atomic E-state index is 0.0514. The van der Waals surface area contributed by atoms with Gasteiger partial charge in [-0.05, 0) is 30.5 Å². The standard InChI is InChI=1S/C25H22O7/c1-12-10-13(2)18-16(11-12)22(30-3)17-19(25(18,23(28)31-4)24(29)32-5)21(27)15-9-7-6-8-14(15)20(17)26/h6-11,22H,1-5H3. The molecule has 0 radical (unpaired) electrons. The van der Waals surface area contributed by atoms with Crippen molar-refractivity contribution in [3.05, 3.63) is 80.9 Å². The molecule has 1 unspecified atom stereocenters. The molecule has 0 saturated heterocycles. The van der Waals surface area contributed by atoms with Gasteiger partial charge in [0, 0.05) is 29.4 Å². The van der Waals surface area contributed by atoms with Gasteiger partial charge in [-0.25, -0.2) is 0 Å². The average Bonchev–Trinajstić information content (AvgIpc) is 2.79. The van der Waals surface area contributed by atoms with Crippen LogP contribution in [0.3, 0.4) is 0 Å². The third kappa shape index (κ3) is 2.58. The van der Waals surface area contributed by atoms with Crippen LogP contribution in [0.5, 0.6) is 0 Å². The fraction of sp³-hybridized carbons (Fsp3) is 0.280. The van der Waals surface area contributed by atoms with E-state index >= 15 is 0 Å². The number of ketones is 2. The van der Waals surface area contributed by atoms with Crippen LogP contribution in [0.4, 0.5) is 0 Å². The highest BCUT2D eigenvalue weighted by Crippen LogP contribution is 2.53. The zero-order valence-electron chi connectivity index (χ0n) is 18.4. The minimum Gasteiger partial charge on any atom is -0.468 e. The maximum absolute atomic E-state index is 13.8. The van der Waals surface area contributed by atoms with Gasteiger partial charge in [-0.1, -0.05) is 42.0 Å². The summed E-state index contributed by atoms with van der Waals surface area (Å²) in [5.74, 6) is -3.09. The molecule has 0 bridgehead atoms. The van der Waals surface area contributed by atoms with Gasteiger partial charge in [0.15, 0.2) is 11.6 Å². The first-order valence-electron chi connectivity index (χ1n) is 9.99. The summed E-state index contributed by atoms with van der Waals surface area (Å²) in [5.41, 5.74) is -0.189. The zero-order valence-corrected chi connectivity index (χ0v) is 18.4. The van der Waals surface area contributed by atoms with Crippen LogP contribution in [-0.2, 0) is 29.2 Å². The van der Waals surface area contributed by atoms with Crippen molar-refractivity contribution in [1.82, 2.24) is 0 Å². The highest BCUT2D eigenvalue weighted by Gasteiger charge is 2.63. The predicted octanol–water partition coefficient (Wildman–Crippen LogP) is 2.96. The molecule has 2 aliphatic carbocycles. The van der Waals surface area contributed by atoms with E-state index < -0.39 is 35.0 Å². The van der Waals surface area contributed by atoms with Crippen molar-refractivity contribution in [2.24, 2.45) is 0 Å². The number of aryl methyl sites for hydroxylation is 2. The summed E-state index contributed by atoms with van der Waals surface area (Å²) < 4.78 is 15.9. The highest BCUT2D eigenvalue weighted by molar-refractivity contribution is 6.33. The lowest BCUT2D eigenvalue weighted by molar-refractivity contribution is -0.159. The topological polar surface area (TPSA) is 96.0 Å². The summed E-state index contributed by atoms with van der Waals surface area (Å²) in [6, 6.07) is 9.85.